The van der Waals surface area contributed by atoms with Crippen molar-refractivity contribution >= 4 is 52.0 Å². The number of nitrogens with one attached hydrogen (secondary N) is 1. The number of ether oxygens (including phenoxy) is 1. The number of aromatic nitrogens is 2. The molecule has 1 aromatic heterocycles. The van der Waals surface area contributed by atoms with Gasteiger partial charge in [0.2, 0.25) is 5.82 Å². The monoisotopic (exact) mass is 438 g/mol. The molecular formula is C18H13Cl3N4O3. The molecule has 1 N–H and O–H groups in total. The topological polar surface area (TPSA) is 90.2 Å². The van der Waals surface area contributed by atoms with E-state index in [4.69, 9.17) is 39.5 Å². The molecule has 7 nitrogen and oxygen atoms in total. The highest BCUT2D eigenvalue weighted by Gasteiger charge is 2.26. The lowest BCUT2D eigenvalue weighted by Crippen LogP contribution is -2.04. The van der Waals surface area contributed by atoms with E-state index < -0.39 is 10.6 Å². The Morgan fingerprint density at radius 3 is 2.39 bits per heavy atom. The number of rotatable bonds is 5. The zero-order valence-electron chi connectivity index (χ0n) is 14.7. The Balaban J connectivity index is 2.03. The summed E-state index contributed by atoms with van der Waals surface area (Å²) in [4.78, 5) is 18.9. The second-order valence-corrected chi connectivity index (χ2v) is 7.08. The van der Waals surface area contributed by atoms with Crippen LogP contribution in [-0.2, 0) is 0 Å². The van der Waals surface area contributed by atoms with Crippen molar-refractivity contribution in [1.29, 1.82) is 0 Å². The van der Waals surface area contributed by atoms with Crippen LogP contribution in [0.15, 0.2) is 36.7 Å². The van der Waals surface area contributed by atoms with Crippen LogP contribution in [0.4, 0.5) is 17.2 Å². The Morgan fingerprint density at radius 1 is 1.07 bits per heavy atom. The van der Waals surface area contributed by atoms with Crippen LogP contribution in [0.5, 0.6) is 11.6 Å². The first-order chi connectivity index (χ1) is 13.3. The van der Waals surface area contributed by atoms with Crippen LogP contribution in [0.1, 0.15) is 11.1 Å². The molecule has 10 heteroatoms. The maximum absolute atomic E-state index is 11.7. The SMILES string of the molecule is Cc1cc(Oc2ncnc(Nc3cc(Cl)ccc3Cl)c2[N+](=O)[O-])cc(C)c1Cl. The van der Waals surface area contributed by atoms with E-state index in [1.165, 1.54) is 6.07 Å². The second kappa shape index (κ2) is 8.18. The zero-order chi connectivity index (χ0) is 20.4. The molecule has 0 aliphatic rings. The zero-order valence-corrected chi connectivity index (χ0v) is 16.9. The van der Waals surface area contributed by atoms with Gasteiger partial charge in [-0.1, -0.05) is 34.8 Å². The number of aryl methyl sites for hydroxylation is 2. The van der Waals surface area contributed by atoms with Crippen LogP contribution in [0, 0.1) is 24.0 Å². The van der Waals surface area contributed by atoms with Gasteiger partial charge in [0.15, 0.2) is 0 Å². The molecule has 3 rings (SSSR count). The maximum Gasteiger partial charge on any atom is 0.373 e. The minimum atomic E-state index is -0.633. The molecule has 0 bridgehead atoms. The molecule has 0 saturated carbocycles. The molecule has 144 valence electrons. The average Bonchev–Trinajstić information content (AvgIpc) is 2.62. The lowest BCUT2D eigenvalue weighted by Gasteiger charge is -2.12. The highest BCUT2D eigenvalue weighted by atomic mass is 35.5. The van der Waals surface area contributed by atoms with E-state index in [-0.39, 0.29) is 11.7 Å². The highest BCUT2D eigenvalue weighted by molar-refractivity contribution is 6.35. The number of halogens is 3. The van der Waals surface area contributed by atoms with E-state index in [0.717, 1.165) is 17.5 Å². The summed E-state index contributed by atoms with van der Waals surface area (Å²) < 4.78 is 5.67. The summed E-state index contributed by atoms with van der Waals surface area (Å²) in [6.07, 6.45) is 1.15. The molecule has 0 aliphatic carbocycles. The molecule has 3 aromatic rings. The van der Waals surface area contributed by atoms with Gasteiger partial charge in [0.1, 0.15) is 12.1 Å². The van der Waals surface area contributed by atoms with Gasteiger partial charge in [-0.3, -0.25) is 10.1 Å². The minimum Gasteiger partial charge on any atom is -0.434 e. The standard InChI is InChI=1S/C18H13Cl3N4O3/c1-9-5-12(6-10(2)15(9)21)28-18-16(25(26)27)17(22-8-23-18)24-14-7-11(19)3-4-13(14)20/h3-8H,1-2H3,(H,22,23,24). The molecule has 0 radical (unpaired) electrons. The molecule has 1 heterocycles. The summed E-state index contributed by atoms with van der Waals surface area (Å²) in [5, 5.41) is 15.8. The van der Waals surface area contributed by atoms with Crippen molar-refractivity contribution < 1.29 is 9.66 Å². The predicted molar refractivity (Wildman–Crippen MR) is 109 cm³/mol. The first kappa shape index (κ1) is 20.1. The number of hydrogen-bond donors (Lipinski definition) is 1. The average molecular weight is 440 g/mol. The van der Waals surface area contributed by atoms with Crippen molar-refractivity contribution in [2.24, 2.45) is 0 Å². The van der Waals surface area contributed by atoms with Gasteiger partial charge >= 0.3 is 11.6 Å². The highest BCUT2D eigenvalue weighted by Crippen LogP contribution is 2.38. The molecule has 28 heavy (non-hydrogen) atoms. The summed E-state index contributed by atoms with van der Waals surface area (Å²) in [6, 6.07) is 8.03. The minimum absolute atomic E-state index is 0.0819. The van der Waals surface area contributed by atoms with Crippen LogP contribution in [0.2, 0.25) is 15.1 Å². The molecule has 0 atom stereocenters. The van der Waals surface area contributed by atoms with Gasteiger partial charge in [-0.2, -0.15) is 4.98 Å². The van der Waals surface area contributed by atoms with E-state index in [1.807, 2.05) is 13.8 Å². The van der Waals surface area contributed by atoms with Gasteiger partial charge < -0.3 is 10.1 Å². The summed E-state index contributed by atoms with van der Waals surface area (Å²) in [5.74, 6) is 0.0660. The van der Waals surface area contributed by atoms with Gasteiger partial charge in [-0.15, -0.1) is 0 Å². The van der Waals surface area contributed by atoms with Crippen molar-refractivity contribution in [3.63, 3.8) is 0 Å². The van der Waals surface area contributed by atoms with Crippen LogP contribution in [0.25, 0.3) is 0 Å². The fourth-order valence-electron chi connectivity index (χ4n) is 2.49. The van der Waals surface area contributed by atoms with E-state index in [9.17, 15) is 10.1 Å². The molecule has 0 spiro atoms. The van der Waals surface area contributed by atoms with E-state index in [2.05, 4.69) is 15.3 Å². The molecular weight excluding hydrogens is 427 g/mol. The fourth-order valence-corrected chi connectivity index (χ4v) is 2.94. The summed E-state index contributed by atoms with van der Waals surface area (Å²) in [7, 11) is 0. The summed E-state index contributed by atoms with van der Waals surface area (Å²) >= 11 is 18.2. The molecule has 0 amide bonds. The lowest BCUT2D eigenvalue weighted by molar-refractivity contribution is -0.385. The van der Waals surface area contributed by atoms with Gasteiger partial charge in [-0.05, 0) is 55.3 Å². The van der Waals surface area contributed by atoms with E-state index >= 15 is 0 Å². The Kier molecular flexibility index (Phi) is 5.88. The largest absolute Gasteiger partial charge is 0.434 e. The van der Waals surface area contributed by atoms with Crippen molar-refractivity contribution in [2.75, 3.05) is 5.32 Å². The Bertz CT molecular complexity index is 1050. The van der Waals surface area contributed by atoms with Gasteiger partial charge in [0, 0.05) is 10.0 Å². The molecule has 0 aliphatic heterocycles. The van der Waals surface area contributed by atoms with Crippen LogP contribution in [-0.4, -0.2) is 14.9 Å². The number of benzene rings is 2. The molecule has 0 saturated heterocycles. The van der Waals surface area contributed by atoms with Crippen LogP contribution >= 0.6 is 34.8 Å². The maximum atomic E-state index is 11.7. The van der Waals surface area contributed by atoms with Crippen LogP contribution in [0.3, 0.4) is 0 Å². The predicted octanol–water partition coefficient (Wildman–Crippen LogP) is 6.50. The van der Waals surface area contributed by atoms with Crippen LogP contribution < -0.4 is 10.1 Å². The van der Waals surface area contributed by atoms with Crippen molar-refractivity contribution in [3.05, 3.63) is 73.0 Å². The smallest absolute Gasteiger partial charge is 0.373 e. The number of hydrogen-bond acceptors (Lipinski definition) is 6. The Hall–Kier alpha value is -2.61. The quantitative estimate of drug-likeness (QED) is 0.360. The molecule has 0 unspecified atom stereocenters. The third kappa shape index (κ3) is 4.27. The first-order valence-corrected chi connectivity index (χ1v) is 9.05. The third-order valence-electron chi connectivity index (χ3n) is 3.78. The van der Waals surface area contributed by atoms with E-state index in [1.54, 1.807) is 24.3 Å². The van der Waals surface area contributed by atoms with Gasteiger partial charge in [0.05, 0.1) is 15.6 Å². The van der Waals surface area contributed by atoms with Crippen molar-refractivity contribution in [3.8, 4) is 11.6 Å². The van der Waals surface area contributed by atoms with Gasteiger partial charge in [0.25, 0.3) is 0 Å². The second-order valence-electron chi connectivity index (χ2n) is 5.86. The lowest BCUT2D eigenvalue weighted by atomic mass is 10.1. The van der Waals surface area contributed by atoms with Gasteiger partial charge in [-0.25, -0.2) is 4.98 Å². The first-order valence-electron chi connectivity index (χ1n) is 7.92. The fraction of sp³-hybridized carbons (Fsp3) is 0.111. The van der Waals surface area contributed by atoms with Crippen molar-refractivity contribution in [1.82, 2.24) is 9.97 Å². The number of nitro groups is 1. The summed E-state index contributed by atoms with van der Waals surface area (Å²) in [5.41, 5.74) is 1.47. The Labute approximate surface area is 175 Å². The molecule has 0 fully saturated rings. The summed E-state index contributed by atoms with van der Waals surface area (Å²) in [6.45, 7) is 3.62. The van der Waals surface area contributed by atoms with E-state index in [0.29, 0.717) is 26.5 Å². The number of nitrogens with zero attached hydrogens (tertiary/aromatic N) is 3. The normalized spacial score (nSPS) is 10.6. The Morgan fingerprint density at radius 2 is 1.75 bits per heavy atom. The third-order valence-corrected chi connectivity index (χ3v) is 4.94. The molecule has 2 aromatic carbocycles. The van der Waals surface area contributed by atoms with Crippen molar-refractivity contribution in [2.45, 2.75) is 13.8 Å². The number of anilines is 2.